The van der Waals surface area contributed by atoms with Crippen molar-refractivity contribution in [3.63, 3.8) is 0 Å². The first-order valence-corrected chi connectivity index (χ1v) is 7.09. The molecule has 0 saturated heterocycles. The van der Waals surface area contributed by atoms with Crippen molar-refractivity contribution in [3.05, 3.63) is 47.0 Å². The van der Waals surface area contributed by atoms with E-state index in [9.17, 15) is 0 Å². The highest BCUT2D eigenvalue weighted by atomic mass is 14.6. The van der Waals surface area contributed by atoms with E-state index in [4.69, 9.17) is 5.73 Å². The van der Waals surface area contributed by atoms with Gasteiger partial charge in [-0.2, -0.15) is 0 Å². The third-order valence-electron chi connectivity index (χ3n) is 4.42. The molecule has 0 spiro atoms. The molecule has 1 aromatic carbocycles. The van der Waals surface area contributed by atoms with Crippen LogP contribution in [0.4, 0.5) is 0 Å². The van der Waals surface area contributed by atoms with E-state index in [1.165, 1.54) is 47.9 Å². The van der Waals surface area contributed by atoms with Crippen molar-refractivity contribution in [3.8, 4) is 0 Å². The van der Waals surface area contributed by atoms with Crippen LogP contribution >= 0.6 is 0 Å². The summed E-state index contributed by atoms with van der Waals surface area (Å²) in [7, 11) is 0. The maximum absolute atomic E-state index is 6.37. The predicted molar refractivity (Wildman–Crippen MR) is 78.7 cm³/mol. The Kier molecular flexibility index (Phi) is 4.23. The van der Waals surface area contributed by atoms with Crippen LogP contribution in [0.3, 0.4) is 0 Å². The number of nitrogens with two attached hydrogens (primary N) is 1. The minimum absolute atomic E-state index is 0.118. The van der Waals surface area contributed by atoms with Crippen LogP contribution in [-0.2, 0) is 6.42 Å². The zero-order valence-corrected chi connectivity index (χ0v) is 11.7. The predicted octanol–water partition coefficient (Wildman–Crippen LogP) is 3.92. The molecule has 0 amide bonds. The maximum Gasteiger partial charge on any atom is 0.0294 e. The molecule has 1 aromatic rings. The third-order valence-corrected chi connectivity index (χ3v) is 4.42. The fraction of sp³-hybridized carbons (Fsp3) is 0.529. The number of aryl methyl sites for hydroxylation is 2. The summed E-state index contributed by atoms with van der Waals surface area (Å²) < 4.78 is 0. The number of hydrogen-bond acceptors (Lipinski definition) is 1. The summed E-state index contributed by atoms with van der Waals surface area (Å²) in [6.07, 6.45) is 6.21. The quantitative estimate of drug-likeness (QED) is 0.797. The molecule has 1 aliphatic carbocycles. The van der Waals surface area contributed by atoms with E-state index in [-0.39, 0.29) is 6.04 Å². The van der Waals surface area contributed by atoms with Gasteiger partial charge in [0.15, 0.2) is 0 Å². The summed E-state index contributed by atoms with van der Waals surface area (Å²) in [5, 5.41) is 0. The SMILES string of the molecule is C=C(C(N)Cc1c(C)cccc1C)C1CCCC1. The normalized spacial score (nSPS) is 17.9. The highest BCUT2D eigenvalue weighted by molar-refractivity contribution is 5.35. The zero-order valence-electron chi connectivity index (χ0n) is 11.7. The van der Waals surface area contributed by atoms with E-state index < -0.39 is 0 Å². The smallest absolute Gasteiger partial charge is 0.0294 e. The first-order valence-electron chi connectivity index (χ1n) is 7.09. The molecule has 0 aromatic heterocycles. The third kappa shape index (κ3) is 2.84. The Bertz CT molecular complexity index is 407. The van der Waals surface area contributed by atoms with Gasteiger partial charge in [0, 0.05) is 6.04 Å². The monoisotopic (exact) mass is 243 g/mol. The van der Waals surface area contributed by atoms with Crippen LogP contribution in [0.5, 0.6) is 0 Å². The van der Waals surface area contributed by atoms with E-state index in [1.807, 2.05) is 0 Å². The highest BCUT2D eigenvalue weighted by Gasteiger charge is 2.22. The molecule has 0 bridgehead atoms. The van der Waals surface area contributed by atoms with Crippen LogP contribution in [0.2, 0.25) is 0 Å². The molecule has 1 aliphatic rings. The van der Waals surface area contributed by atoms with E-state index >= 15 is 0 Å². The van der Waals surface area contributed by atoms with Crippen molar-refractivity contribution < 1.29 is 0 Å². The van der Waals surface area contributed by atoms with E-state index in [0.29, 0.717) is 5.92 Å². The van der Waals surface area contributed by atoms with Crippen LogP contribution in [0, 0.1) is 19.8 Å². The Morgan fingerprint density at radius 2 is 1.83 bits per heavy atom. The van der Waals surface area contributed by atoms with Crippen LogP contribution in [0.1, 0.15) is 42.4 Å². The molecule has 0 radical (unpaired) electrons. The lowest BCUT2D eigenvalue weighted by atomic mass is 9.87. The minimum atomic E-state index is 0.118. The number of rotatable bonds is 4. The van der Waals surface area contributed by atoms with Crippen molar-refractivity contribution in [1.29, 1.82) is 0 Å². The first-order chi connectivity index (χ1) is 8.59. The molecular weight excluding hydrogens is 218 g/mol. The van der Waals surface area contributed by atoms with Gasteiger partial charge in [-0.1, -0.05) is 43.2 Å². The topological polar surface area (TPSA) is 26.0 Å². The van der Waals surface area contributed by atoms with E-state index in [1.54, 1.807) is 0 Å². The van der Waals surface area contributed by atoms with Gasteiger partial charge in [-0.3, -0.25) is 0 Å². The maximum atomic E-state index is 6.37. The molecular formula is C17H25N. The van der Waals surface area contributed by atoms with Gasteiger partial charge in [-0.15, -0.1) is 0 Å². The summed E-state index contributed by atoms with van der Waals surface area (Å²) >= 11 is 0. The molecule has 1 fully saturated rings. The fourth-order valence-electron chi connectivity index (χ4n) is 3.12. The highest BCUT2D eigenvalue weighted by Crippen LogP contribution is 2.32. The summed E-state index contributed by atoms with van der Waals surface area (Å²) in [6.45, 7) is 8.62. The molecule has 2 rings (SSSR count). The van der Waals surface area contributed by atoms with Crippen LogP contribution in [0.25, 0.3) is 0 Å². The Morgan fingerprint density at radius 1 is 1.28 bits per heavy atom. The van der Waals surface area contributed by atoms with E-state index in [0.717, 1.165) is 6.42 Å². The van der Waals surface area contributed by atoms with Gasteiger partial charge in [-0.25, -0.2) is 0 Å². The van der Waals surface area contributed by atoms with Crippen LogP contribution in [0.15, 0.2) is 30.4 Å². The summed E-state index contributed by atoms with van der Waals surface area (Å²) in [4.78, 5) is 0. The molecule has 1 saturated carbocycles. The van der Waals surface area contributed by atoms with Crippen molar-refractivity contribution in [2.45, 2.75) is 52.0 Å². The minimum Gasteiger partial charge on any atom is -0.324 e. The zero-order chi connectivity index (χ0) is 13.1. The molecule has 18 heavy (non-hydrogen) atoms. The van der Waals surface area contributed by atoms with Gasteiger partial charge in [0.25, 0.3) is 0 Å². The largest absolute Gasteiger partial charge is 0.324 e. The van der Waals surface area contributed by atoms with Crippen LogP contribution < -0.4 is 5.73 Å². The van der Waals surface area contributed by atoms with Crippen molar-refractivity contribution >= 4 is 0 Å². The molecule has 0 heterocycles. The first kappa shape index (κ1) is 13.4. The lowest BCUT2D eigenvalue weighted by Gasteiger charge is -2.22. The van der Waals surface area contributed by atoms with Crippen molar-refractivity contribution in [1.82, 2.24) is 0 Å². The Balaban J connectivity index is 2.06. The van der Waals surface area contributed by atoms with Gasteiger partial charge in [0.1, 0.15) is 0 Å². The molecule has 2 N–H and O–H groups in total. The Labute approximate surface area is 111 Å². The molecule has 1 unspecified atom stereocenters. The van der Waals surface area contributed by atoms with Gasteiger partial charge in [0.2, 0.25) is 0 Å². The molecule has 0 aliphatic heterocycles. The Hall–Kier alpha value is -1.08. The summed E-state index contributed by atoms with van der Waals surface area (Å²) in [6, 6.07) is 6.58. The second-order valence-electron chi connectivity index (χ2n) is 5.74. The molecule has 1 atom stereocenters. The average Bonchev–Trinajstić information content (AvgIpc) is 2.86. The number of benzene rings is 1. The number of hydrogen-bond donors (Lipinski definition) is 1. The average molecular weight is 243 g/mol. The summed E-state index contributed by atoms with van der Waals surface area (Å²) in [5.74, 6) is 0.671. The van der Waals surface area contributed by atoms with E-state index in [2.05, 4.69) is 38.6 Å². The summed E-state index contributed by atoms with van der Waals surface area (Å²) in [5.41, 5.74) is 11.8. The standard InChI is InChI=1S/C17H25N/c1-12-7-6-8-13(2)16(12)11-17(18)14(3)15-9-4-5-10-15/h6-8,15,17H,3-5,9-11,18H2,1-2H3. The lowest BCUT2D eigenvalue weighted by Crippen LogP contribution is -2.28. The van der Waals surface area contributed by atoms with Gasteiger partial charge in [0.05, 0.1) is 0 Å². The second-order valence-corrected chi connectivity index (χ2v) is 5.74. The van der Waals surface area contributed by atoms with Gasteiger partial charge < -0.3 is 5.73 Å². The molecule has 1 nitrogen and oxygen atoms in total. The van der Waals surface area contributed by atoms with Gasteiger partial charge in [-0.05, 0) is 55.7 Å². The fourth-order valence-corrected chi connectivity index (χ4v) is 3.12. The lowest BCUT2D eigenvalue weighted by molar-refractivity contribution is 0.572. The second kappa shape index (κ2) is 5.71. The Morgan fingerprint density at radius 3 is 2.39 bits per heavy atom. The van der Waals surface area contributed by atoms with Crippen molar-refractivity contribution in [2.75, 3.05) is 0 Å². The van der Waals surface area contributed by atoms with Gasteiger partial charge >= 0.3 is 0 Å². The molecule has 1 heteroatoms. The van der Waals surface area contributed by atoms with Crippen LogP contribution in [-0.4, -0.2) is 6.04 Å². The van der Waals surface area contributed by atoms with Crippen molar-refractivity contribution in [2.24, 2.45) is 11.7 Å². The molecule has 98 valence electrons.